The van der Waals surface area contributed by atoms with Crippen molar-refractivity contribution in [2.24, 2.45) is 0 Å². The highest BCUT2D eigenvalue weighted by molar-refractivity contribution is 5.94. The number of hydrogen-bond donors (Lipinski definition) is 1. The molecule has 0 aliphatic heterocycles. The molecule has 0 aliphatic rings. The van der Waals surface area contributed by atoms with Gasteiger partial charge in [-0.3, -0.25) is 9.59 Å². The third-order valence-electron chi connectivity index (χ3n) is 4.50. The molecule has 0 saturated carbocycles. The van der Waals surface area contributed by atoms with Crippen LogP contribution in [0.5, 0.6) is 5.75 Å². The number of nitriles is 1. The zero-order chi connectivity index (χ0) is 22.2. The van der Waals surface area contributed by atoms with E-state index in [0.29, 0.717) is 17.0 Å². The van der Waals surface area contributed by atoms with E-state index in [2.05, 4.69) is 11.4 Å². The zero-order valence-electron chi connectivity index (χ0n) is 16.8. The highest BCUT2D eigenvalue weighted by Crippen LogP contribution is 2.22. The summed E-state index contributed by atoms with van der Waals surface area (Å²) in [5, 5.41) is 11.5. The molecule has 3 aromatic rings. The van der Waals surface area contributed by atoms with Crippen LogP contribution in [-0.2, 0) is 9.59 Å². The number of amides is 2. The topological polar surface area (TPSA) is 82.4 Å². The van der Waals surface area contributed by atoms with Gasteiger partial charge in [0.1, 0.15) is 11.6 Å². The van der Waals surface area contributed by atoms with Gasteiger partial charge in [-0.05, 0) is 59.7 Å². The first kappa shape index (κ1) is 21.5. The van der Waals surface area contributed by atoms with Crippen LogP contribution in [0.15, 0.2) is 72.8 Å². The maximum Gasteiger partial charge on any atom is 0.260 e. The van der Waals surface area contributed by atoms with Crippen LogP contribution >= 0.6 is 0 Å². The normalized spacial score (nSPS) is 10.1. The summed E-state index contributed by atoms with van der Waals surface area (Å²) in [6.07, 6.45) is 0. The quantitative estimate of drug-likeness (QED) is 0.633. The van der Waals surface area contributed by atoms with Gasteiger partial charge in [-0.1, -0.05) is 24.3 Å². The van der Waals surface area contributed by atoms with E-state index >= 15 is 0 Å². The summed E-state index contributed by atoms with van der Waals surface area (Å²) in [5.74, 6) is -0.623. The van der Waals surface area contributed by atoms with Crippen molar-refractivity contribution in [3.63, 3.8) is 0 Å². The fraction of sp³-hybridized carbons (Fsp3) is 0.125. The number of anilines is 1. The van der Waals surface area contributed by atoms with E-state index < -0.39 is 11.7 Å². The number of benzene rings is 3. The number of carbonyl (C=O) groups is 2. The molecule has 0 heterocycles. The largest absolute Gasteiger partial charge is 0.484 e. The van der Waals surface area contributed by atoms with Gasteiger partial charge in [0, 0.05) is 12.7 Å². The number of nitrogens with zero attached hydrogens (tertiary/aromatic N) is 2. The predicted molar refractivity (Wildman–Crippen MR) is 115 cm³/mol. The fourth-order valence-corrected chi connectivity index (χ4v) is 2.77. The van der Waals surface area contributed by atoms with Crippen molar-refractivity contribution in [3.05, 3.63) is 84.2 Å². The molecule has 31 heavy (non-hydrogen) atoms. The van der Waals surface area contributed by atoms with Gasteiger partial charge in [-0.2, -0.15) is 5.26 Å². The maximum absolute atomic E-state index is 12.9. The van der Waals surface area contributed by atoms with Crippen LogP contribution in [0.3, 0.4) is 0 Å². The summed E-state index contributed by atoms with van der Waals surface area (Å²) in [6, 6.07) is 21.9. The number of rotatable bonds is 7. The van der Waals surface area contributed by atoms with E-state index in [-0.39, 0.29) is 19.1 Å². The smallest absolute Gasteiger partial charge is 0.260 e. The van der Waals surface area contributed by atoms with Crippen molar-refractivity contribution in [1.82, 2.24) is 4.90 Å². The van der Waals surface area contributed by atoms with Crippen molar-refractivity contribution < 1.29 is 18.7 Å². The van der Waals surface area contributed by atoms with Gasteiger partial charge in [0.05, 0.1) is 18.2 Å². The molecule has 2 amide bonds. The Morgan fingerprint density at radius 1 is 0.968 bits per heavy atom. The summed E-state index contributed by atoms with van der Waals surface area (Å²) in [6.45, 7) is -0.367. The molecule has 0 aliphatic carbocycles. The molecule has 0 saturated heterocycles. The van der Waals surface area contributed by atoms with Crippen molar-refractivity contribution in [3.8, 4) is 22.9 Å². The summed E-state index contributed by atoms with van der Waals surface area (Å²) in [4.78, 5) is 25.5. The van der Waals surface area contributed by atoms with Crippen molar-refractivity contribution in [2.75, 3.05) is 25.5 Å². The summed E-state index contributed by atoms with van der Waals surface area (Å²) < 4.78 is 18.4. The van der Waals surface area contributed by atoms with Crippen LogP contribution in [0.2, 0.25) is 0 Å². The van der Waals surface area contributed by atoms with Gasteiger partial charge in [-0.25, -0.2) is 4.39 Å². The van der Waals surface area contributed by atoms with Crippen LogP contribution in [0.4, 0.5) is 10.1 Å². The van der Waals surface area contributed by atoms with Gasteiger partial charge < -0.3 is 15.0 Å². The van der Waals surface area contributed by atoms with E-state index in [9.17, 15) is 14.0 Å². The fourth-order valence-electron chi connectivity index (χ4n) is 2.77. The lowest BCUT2D eigenvalue weighted by Gasteiger charge is -2.17. The van der Waals surface area contributed by atoms with E-state index in [1.54, 1.807) is 24.3 Å². The number of ether oxygens (including phenoxy) is 1. The lowest BCUT2D eigenvalue weighted by atomic mass is 10.0. The van der Waals surface area contributed by atoms with E-state index in [0.717, 1.165) is 11.1 Å². The third kappa shape index (κ3) is 6.15. The molecule has 1 N–H and O–H groups in total. The van der Waals surface area contributed by atoms with Crippen LogP contribution in [0.25, 0.3) is 11.1 Å². The molecule has 156 valence electrons. The van der Waals surface area contributed by atoms with Crippen LogP contribution in [0.1, 0.15) is 5.56 Å². The van der Waals surface area contributed by atoms with Crippen molar-refractivity contribution in [1.29, 1.82) is 5.26 Å². The minimum absolute atomic E-state index is 0.156. The molecule has 3 aromatic carbocycles. The van der Waals surface area contributed by atoms with E-state index in [4.69, 9.17) is 10.00 Å². The number of hydrogen-bond acceptors (Lipinski definition) is 4. The van der Waals surface area contributed by atoms with Gasteiger partial charge in [0.15, 0.2) is 6.61 Å². The second-order valence-electron chi connectivity index (χ2n) is 6.81. The first-order valence-electron chi connectivity index (χ1n) is 9.47. The molecule has 0 radical (unpaired) electrons. The standard InChI is InChI=1S/C24H20FN3O3/c1-28(15-23(29)27-21-10-8-20(25)9-11-21)24(30)16-31-22-12-6-19(7-13-22)18-4-2-17(14-26)3-5-18/h2-13H,15-16H2,1H3,(H,27,29). The Morgan fingerprint density at radius 2 is 1.55 bits per heavy atom. The van der Waals surface area contributed by atoms with Gasteiger partial charge >= 0.3 is 0 Å². The molecule has 7 heteroatoms. The summed E-state index contributed by atoms with van der Waals surface area (Å²) >= 11 is 0. The lowest BCUT2D eigenvalue weighted by molar-refractivity contribution is -0.135. The minimum atomic E-state index is -0.396. The summed E-state index contributed by atoms with van der Waals surface area (Å²) in [7, 11) is 1.50. The minimum Gasteiger partial charge on any atom is -0.484 e. The molecule has 0 spiro atoms. The average Bonchev–Trinajstić information content (AvgIpc) is 2.79. The van der Waals surface area contributed by atoms with E-state index in [1.807, 2.05) is 24.3 Å². The Balaban J connectivity index is 1.48. The Kier molecular flexibility index (Phi) is 6.97. The monoisotopic (exact) mass is 417 g/mol. The first-order valence-corrected chi connectivity index (χ1v) is 9.47. The van der Waals surface area contributed by atoms with E-state index in [1.165, 1.54) is 36.2 Å². The van der Waals surface area contributed by atoms with Crippen molar-refractivity contribution in [2.45, 2.75) is 0 Å². The Bertz CT molecular complexity index is 1090. The lowest BCUT2D eigenvalue weighted by Crippen LogP contribution is -2.37. The third-order valence-corrected chi connectivity index (χ3v) is 4.50. The second kappa shape index (κ2) is 10.0. The van der Waals surface area contributed by atoms with Crippen molar-refractivity contribution >= 4 is 17.5 Å². The molecule has 0 bridgehead atoms. The second-order valence-corrected chi connectivity index (χ2v) is 6.81. The molecule has 0 unspecified atom stereocenters. The van der Waals surface area contributed by atoms with Crippen LogP contribution in [0, 0.1) is 17.1 Å². The molecular weight excluding hydrogens is 397 g/mol. The number of likely N-dealkylation sites (N-methyl/N-ethyl adjacent to an activating group) is 1. The van der Waals surface area contributed by atoms with Gasteiger partial charge in [-0.15, -0.1) is 0 Å². The molecule has 0 fully saturated rings. The Hall–Kier alpha value is -4.18. The number of nitrogens with one attached hydrogen (secondary N) is 1. The zero-order valence-corrected chi connectivity index (χ0v) is 16.8. The molecule has 0 aromatic heterocycles. The van der Waals surface area contributed by atoms with Crippen LogP contribution in [-0.4, -0.2) is 36.9 Å². The first-order chi connectivity index (χ1) is 14.9. The van der Waals surface area contributed by atoms with Gasteiger partial charge in [0.2, 0.25) is 5.91 Å². The number of halogens is 1. The predicted octanol–water partition coefficient (Wildman–Crippen LogP) is 3.84. The molecule has 6 nitrogen and oxygen atoms in total. The SMILES string of the molecule is CN(CC(=O)Nc1ccc(F)cc1)C(=O)COc1ccc(-c2ccc(C#N)cc2)cc1. The summed E-state index contributed by atoms with van der Waals surface area (Å²) in [5.41, 5.74) is 2.97. The Morgan fingerprint density at radius 3 is 2.13 bits per heavy atom. The highest BCUT2D eigenvalue weighted by Gasteiger charge is 2.14. The highest BCUT2D eigenvalue weighted by atomic mass is 19.1. The molecule has 3 rings (SSSR count). The van der Waals surface area contributed by atoms with Gasteiger partial charge in [0.25, 0.3) is 5.91 Å². The average molecular weight is 417 g/mol. The molecular formula is C24H20FN3O3. The Labute approximate surface area is 179 Å². The molecule has 0 atom stereocenters. The number of carbonyl (C=O) groups excluding carboxylic acids is 2. The maximum atomic E-state index is 12.9. The van der Waals surface area contributed by atoms with Crippen LogP contribution < -0.4 is 10.1 Å².